The summed E-state index contributed by atoms with van der Waals surface area (Å²) < 4.78 is 21.7. The van der Waals surface area contributed by atoms with Gasteiger partial charge in [0.1, 0.15) is 17.2 Å². The molecule has 32 heavy (non-hydrogen) atoms. The highest BCUT2D eigenvalue weighted by molar-refractivity contribution is 7.10. The van der Waals surface area contributed by atoms with Crippen LogP contribution in [0.2, 0.25) is 0 Å². The van der Waals surface area contributed by atoms with E-state index in [9.17, 15) is 4.79 Å². The van der Waals surface area contributed by atoms with Crippen LogP contribution in [0, 0.1) is 6.92 Å². The van der Waals surface area contributed by atoms with Crippen LogP contribution in [0.25, 0.3) is 17.2 Å². The molecule has 2 heterocycles. The van der Waals surface area contributed by atoms with Gasteiger partial charge in [0.25, 0.3) is 5.91 Å². The molecule has 2 aromatic heterocycles. The summed E-state index contributed by atoms with van der Waals surface area (Å²) in [7, 11) is 4.74. The number of hydrogen-bond donors (Lipinski definition) is 1. The molecule has 2 aromatic carbocycles. The molecular formula is C21H20N6O4S. The Morgan fingerprint density at radius 3 is 2.25 bits per heavy atom. The second kappa shape index (κ2) is 9.02. The highest BCUT2D eigenvalue weighted by atomic mass is 32.1. The zero-order chi connectivity index (χ0) is 22.7. The van der Waals surface area contributed by atoms with Gasteiger partial charge in [-0.25, -0.2) is 4.68 Å². The largest absolute Gasteiger partial charge is 0.497 e. The van der Waals surface area contributed by atoms with Crippen molar-refractivity contribution in [3.05, 3.63) is 53.7 Å². The van der Waals surface area contributed by atoms with Gasteiger partial charge in [-0.15, -0.1) is 5.10 Å². The lowest BCUT2D eigenvalue weighted by atomic mass is 10.2. The molecule has 1 amide bonds. The van der Waals surface area contributed by atoms with Crippen LogP contribution in [0.5, 0.6) is 17.2 Å². The van der Waals surface area contributed by atoms with E-state index >= 15 is 0 Å². The highest BCUT2D eigenvalue weighted by Gasteiger charge is 2.18. The van der Waals surface area contributed by atoms with Crippen molar-refractivity contribution in [1.82, 2.24) is 24.4 Å². The summed E-state index contributed by atoms with van der Waals surface area (Å²) in [6.45, 7) is 1.86. The van der Waals surface area contributed by atoms with Crippen molar-refractivity contribution < 1.29 is 19.0 Å². The van der Waals surface area contributed by atoms with Crippen LogP contribution in [0.1, 0.15) is 16.1 Å². The van der Waals surface area contributed by atoms with E-state index in [4.69, 9.17) is 14.2 Å². The summed E-state index contributed by atoms with van der Waals surface area (Å²) in [5.41, 5.74) is 2.44. The first-order chi connectivity index (χ1) is 15.5. The van der Waals surface area contributed by atoms with E-state index in [1.54, 1.807) is 56.3 Å². The number of methoxy groups -OCH3 is 3. The van der Waals surface area contributed by atoms with Gasteiger partial charge in [-0.1, -0.05) is 5.21 Å². The Labute approximate surface area is 187 Å². The Morgan fingerprint density at radius 1 is 0.969 bits per heavy atom. The van der Waals surface area contributed by atoms with E-state index in [-0.39, 0.29) is 5.91 Å². The minimum absolute atomic E-state index is 0.292. The van der Waals surface area contributed by atoms with Gasteiger partial charge in [0.15, 0.2) is 11.5 Å². The third-order valence-corrected chi connectivity index (χ3v) is 5.32. The number of rotatable bonds is 7. The second-order valence-corrected chi connectivity index (χ2v) is 7.36. The summed E-state index contributed by atoms with van der Waals surface area (Å²) >= 11 is 1.07. The number of hydrogen-bond acceptors (Lipinski definition) is 9. The maximum absolute atomic E-state index is 12.5. The highest BCUT2D eigenvalue weighted by Crippen LogP contribution is 2.28. The molecule has 0 atom stereocenters. The first-order valence-electron chi connectivity index (χ1n) is 9.47. The molecule has 0 spiro atoms. The molecule has 10 nitrogen and oxygen atoms in total. The fraction of sp³-hybridized carbons (Fsp3) is 0.190. The minimum atomic E-state index is -0.292. The molecule has 0 fully saturated rings. The molecule has 0 saturated heterocycles. The number of ether oxygens (including phenoxy) is 3. The molecule has 0 aliphatic heterocycles. The fourth-order valence-electron chi connectivity index (χ4n) is 2.98. The van der Waals surface area contributed by atoms with Crippen molar-refractivity contribution in [3.8, 4) is 34.5 Å². The van der Waals surface area contributed by atoms with Gasteiger partial charge in [0.05, 0.1) is 32.7 Å². The lowest BCUT2D eigenvalue weighted by Crippen LogP contribution is -2.11. The van der Waals surface area contributed by atoms with Crippen molar-refractivity contribution in [2.45, 2.75) is 6.92 Å². The molecule has 0 saturated carbocycles. The topological polar surface area (TPSA) is 113 Å². The summed E-state index contributed by atoms with van der Waals surface area (Å²) in [5, 5.41) is 11.6. The third kappa shape index (κ3) is 4.23. The van der Waals surface area contributed by atoms with Gasteiger partial charge in [-0.3, -0.25) is 10.1 Å². The van der Waals surface area contributed by atoms with Crippen molar-refractivity contribution in [2.24, 2.45) is 0 Å². The summed E-state index contributed by atoms with van der Waals surface area (Å²) in [6, 6.07) is 12.2. The van der Waals surface area contributed by atoms with Crippen LogP contribution >= 0.6 is 11.5 Å². The zero-order valence-electron chi connectivity index (χ0n) is 17.8. The van der Waals surface area contributed by atoms with E-state index in [2.05, 4.69) is 25.0 Å². The number of anilines is 1. The van der Waals surface area contributed by atoms with E-state index in [0.717, 1.165) is 22.9 Å². The lowest BCUT2D eigenvalue weighted by molar-refractivity contribution is 0.102. The number of aromatic nitrogens is 5. The molecule has 1 N–H and O–H groups in total. The number of carbonyl (C=O) groups is 1. The molecule has 11 heteroatoms. The fourth-order valence-corrected chi connectivity index (χ4v) is 3.54. The Kier molecular flexibility index (Phi) is 5.99. The third-order valence-electron chi connectivity index (χ3n) is 4.69. The van der Waals surface area contributed by atoms with Gasteiger partial charge in [-0.2, -0.15) is 9.36 Å². The monoisotopic (exact) mass is 452 g/mol. The molecular weight excluding hydrogens is 432 g/mol. The van der Waals surface area contributed by atoms with Crippen LogP contribution in [0.15, 0.2) is 42.5 Å². The normalized spacial score (nSPS) is 10.6. The van der Waals surface area contributed by atoms with Gasteiger partial charge in [0, 0.05) is 35.3 Å². The molecule has 4 rings (SSSR count). The van der Waals surface area contributed by atoms with Crippen LogP contribution in [-0.2, 0) is 0 Å². The summed E-state index contributed by atoms with van der Waals surface area (Å²) in [4.78, 5) is 16.9. The van der Waals surface area contributed by atoms with E-state index in [1.807, 2.05) is 19.1 Å². The first kappa shape index (κ1) is 21.2. The number of carbonyl (C=O) groups excluding carboxylic acids is 1. The number of nitrogens with one attached hydrogen (secondary N) is 1. The second-order valence-electron chi connectivity index (χ2n) is 6.61. The predicted octanol–water partition coefficient (Wildman–Crippen LogP) is 3.37. The first-order valence-corrected chi connectivity index (χ1v) is 10.2. The van der Waals surface area contributed by atoms with Crippen molar-refractivity contribution in [1.29, 1.82) is 0 Å². The summed E-state index contributed by atoms with van der Waals surface area (Å²) in [5.74, 6) is 2.02. The molecule has 0 aliphatic rings. The maximum Gasteiger partial charge on any atom is 0.257 e. The Morgan fingerprint density at radius 2 is 1.62 bits per heavy atom. The lowest BCUT2D eigenvalue weighted by Gasteiger charge is -2.09. The molecule has 4 aromatic rings. The van der Waals surface area contributed by atoms with Gasteiger partial charge < -0.3 is 14.2 Å². The van der Waals surface area contributed by atoms with E-state index < -0.39 is 0 Å². The predicted molar refractivity (Wildman–Crippen MR) is 119 cm³/mol. The Bertz CT molecular complexity index is 1230. The van der Waals surface area contributed by atoms with Gasteiger partial charge in [-0.05, 0) is 31.2 Å². The van der Waals surface area contributed by atoms with E-state index in [0.29, 0.717) is 39.5 Å². The van der Waals surface area contributed by atoms with Crippen LogP contribution in [-0.4, -0.2) is 51.6 Å². The van der Waals surface area contributed by atoms with Crippen LogP contribution in [0.4, 0.5) is 5.13 Å². The zero-order valence-corrected chi connectivity index (χ0v) is 18.6. The molecule has 164 valence electrons. The maximum atomic E-state index is 12.5. The van der Waals surface area contributed by atoms with Crippen molar-refractivity contribution >= 4 is 22.6 Å². The minimum Gasteiger partial charge on any atom is -0.497 e. The van der Waals surface area contributed by atoms with Crippen molar-refractivity contribution in [3.63, 3.8) is 0 Å². The molecule has 0 bridgehead atoms. The smallest absolute Gasteiger partial charge is 0.257 e. The van der Waals surface area contributed by atoms with Gasteiger partial charge >= 0.3 is 0 Å². The Hall–Kier alpha value is -3.99. The standard InChI is InChI=1S/C21H20N6O4S/c1-12-18(24-26-27(12)14-9-16(30-3)11-17(10-14)31-4)19-22-21(32-25-19)23-20(28)13-5-7-15(29-2)8-6-13/h5-11H,1-4H3,(H,22,23,25,28). The number of nitrogens with zero attached hydrogens (tertiary/aromatic N) is 5. The van der Waals surface area contributed by atoms with Crippen molar-refractivity contribution in [2.75, 3.05) is 26.6 Å². The molecule has 0 aliphatic carbocycles. The SMILES string of the molecule is COc1ccc(C(=O)Nc2nc(-c3nnn(-c4cc(OC)cc(OC)c4)c3C)ns2)cc1. The average molecular weight is 452 g/mol. The quantitative estimate of drug-likeness (QED) is 0.454. The van der Waals surface area contributed by atoms with Gasteiger partial charge in [0.2, 0.25) is 5.13 Å². The molecule has 0 radical (unpaired) electrons. The van der Waals surface area contributed by atoms with Crippen LogP contribution in [0.3, 0.4) is 0 Å². The number of amides is 1. The summed E-state index contributed by atoms with van der Waals surface area (Å²) in [6.07, 6.45) is 0. The average Bonchev–Trinajstić information content (AvgIpc) is 3.44. The molecule has 0 unspecified atom stereocenters. The van der Waals surface area contributed by atoms with E-state index in [1.165, 1.54) is 0 Å². The van der Waals surface area contributed by atoms with Crippen LogP contribution < -0.4 is 19.5 Å². The Balaban J connectivity index is 1.56. The number of benzene rings is 2.